The SMILES string of the molecule is CCc1ccc(OCCCCN2C(=O)C(C)CN(C(=O)c3ccccc3)c3ccccc32)cc1. The van der Waals surface area contributed by atoms with E-state index in [9.17, 15) is 9.59 Å². The highest BCUT2D eigenvalue weighted by atomic mass is 16.5. The van der Waals surface area contributed by atoms with Crippen molar-refractivity contribution < 1.29 is 14.3 Å². The van der Waals surface area contributed by atoms with Crippen LogP contribution in [0.3, 0.4) is 0 Å². The van der Waals surface area contributed by atoms with Gasteiger partial charge in [-0.05, 0) is 61.2 Å². The van der Waals surface area contributed by atoms with Gasteiger partial charge >= 0.3 is 0 Å². The summed E-state index contributed by atoms with van der Waals surface area (Å²) in [5.74, 6) is 0.536. The van der Waals surface area contributed by atoms with E-state index < -0.39 is 0 Å². The van der Waals surface area contributed by atoms with Crippen LogP contribution in [0.4, 0.5) is 11.4 Å². The van der Waals surface area contributed by atoms with Crippen molar-refractivity contribution in [2.24, 2.45) is 5.92 Å². The molecule has 0 saturated carbocycles. The smallest absolute Gasteiger partial charge is 0.258 e. The zero-order valence-electron chi connectivity index (χ0n) is 19.9. The summed E-state index contributed by atoms with van der Waals surface area (Å²) in [6.07, 6.45) is 2.66. The van der Waals surface area contributed by atoms with Crippen LogP contribution in [0.2, 0.25) is 0 Å². The van der Waals surface area contributed by atoms with Gasteiger partial charge in [-0.2, -0.15) is 0 Å². The van der Waals surface area contributed by atoms with Crippen LogP contribution in [0.15, 0.2) is 78.9 Å². The Hall–Kier alpha value is -3.60. The Morgan fingerprint density at radius 3 is 2.29 bits per heavy atom. The lowest BCUT2D eigenvalue weighted by molar-refractivity contribution is -0.121. The van der Waals surface area contributed by atoms with Crippen LogP contribution < -0.4 is 14.5 Å². The Bertz CT molecular complexity index is 1110. The predicted octanol–water partition coefficient (Wildman–Crippen LogP) is 5.74. The Labute approximate surface area is 202 Å². The van der Waals surface area contributed by atoms with Crippen LogP contribution in [0.5, 0.6) is 5.75 Å². The molecule has 0 bridgehead atoms. The molecule has 1 unspecified atom stereocenters. The van der Waals surface area contributed by atoms with Crippen molar-refractivity contribution in [2.45, 2.75) is 33.1 Å². The maximum atomic E-state index is 13.3. The number of hydrogen-bond acceptors (Lipinski definition) is 3. The van der Waals surface area contributed by atoms with Crippen molar-refractivity contribution in [3.05, 3.63) is 90.0 Å². The number of rotatable bonds is 8. The number of anilines is 2. The molecule has 34 heavy (non-hydrogen) atoms. The molecule has 3 aromatic carbocycles. The van der Waals surface area contributed by atoms with Crippen molar-refractivity contribution in [1.29, 1.82) is 0 Å². The van der Waals surface area contributed by atoms with Crippen molar-refractivity contribution in [3.8, 4) is 5.75 Å². The van der Waals surface area contributed by atoms with E-state index in [4.69, 9.17) is 4.74 Å². The summed E-state index contributed by atoms with van der Waals surface area (Å²) >= 11 is 0. The highest BCUT2D eigenvalue weighted by Crippen LogP contribution is 2.35. The maximum Gasteiger partial charge on any atom is 0.258 e. The molecule has 0 spiro atoms. The van der Waals surface area contributed by atoms with E-state index in [1.54, 1.807) is 4.90 Å². The second kappa shape index (κ2) is 11.0. The number of benzene rings is 3. The zero-order valence-corrected chi connectivity index (χ0v) is 19.9. The minimum atomic E-state index is -0.298. The summed E-state index contributed by atoms with van der Waals surface area (Å²) in [6.45, 7) is 5.58. The minimum absolute atomic E-state index is 0.0480. The van der Waals surface area contributed by atoms with Gasteiger partial charge in [-0.25, -0.2) is 0 Å². The van der Waals surface area contributed by atoms with Crippen molar-refractivity contribution in [3.63, 3.8) is 0 Å². The number of carbonyl (C=O) groups is 2. The van der Waals surface area contributed by atoms with E-state index in [2.05, 4.69) is 19.1 Å². The lowest BCUT2D eigenvalue weighted by Gasteiger charge is -2.25. The van der Waals surface area contributed by atoms with Crippen molar-refractivity contribution >= 4 is 23.2 Å². The molecular weight excluding hydrogens is 424 g/mol. The summed E-state index contributed by atoms with van der Waals surface area (Å²) in [6, 6.07) is 25.1. The average Bonchev–Trinajstić information content (AvgIpc) is 2.99. The van der Waals surface area contributed by atoms with E-state index in [1.807, 2.05) is 78.6 Å². The molecule has 0 N–H and O–H groups in total. The molecule has 1 aliphatic rings. The second-order valence-electron chi connectivity index (χ2n) is 8.71. The van der Waals surface area contributed by atoms with E-state index in [0.29, 0.717) is 25.3 Å². The number of para-hydroxylation sites is 2. The van der Waals surface area contributed by atoms with Crippen molar-refractivity contribution in [1.82, 2.24) is 0 Å². The molecular formula is C29H32N2O3. The largest absolute Gasteiger partial charge is 0.494 e. The minimum Gasteiger partial charge on any atom is -0.494 e. The summed E-state index contributed by atoms with van der Waals surface area (Å²) in [7, 11) is 0. The Kier molecular flexibility index (Phi) is 7.63. The Morgan fingerprint density at radius 1 is 0.912 bits per heavy atom. The quantitative estimate of drug-likeness (QED) is 0.406. The van der Waals surface area contributed by atoms with Gasteiger partial charge in [-0.3, -0.25) is 9.59 Å². The Morgan fingerprint density at radius 2 is 1.59 bits per heavy atom. The first-order valence-corrected chi connectivity index (χ1v) is 12.1. The molecule has 0 aromatic heterocycles. The number of ether oxygens (including phenoxy) is 1. The number of aryl methyl sites for hydroxylation is 1. The van der Waals surface area contributed by atoms with Crippen LogP contribution >= 0.6 is 0 Å². The zero-order chi connectivity index (χ0) is 23.9. The van der Waals surface area contributed by atoms with Gasteiger partial charge in [-0.1, -0.05) is 56.3 Å². The van der Waals surface area contributed by atoms with E-state index in [0.717, 1.165) is 36.4 Å². The fraction of sp³-hybridized carbons (Fsp3) is 0.310. The van der Waals surface area contributed by atoms with E-state index in [-0.39, 0.29) is 17.7 Å². The number of nitrogens with zero attached hydrogens (tertiary/aromatic N) is 2. The Balaban J connectivity index is 1.44. The topological polar surface area (TPSA) is 49.9 Å². The third kappa shape index (κ3) is 5.30. The normalized spacial score (nSPS) is 15.6. The lowest BCUT2D eigenvalue weighted by atomic mass is 10.1. The van der Waals surface area contributed by atoms with Gasteiger partial charge in [0, 0.05) is 18.7 Å². The molecule has 2 amide bonds. The van der Waals surface area contributed by atoms with Gasteiger partial charge in [0.1, 0.15) is 5.75 Å². The third-order valence-electron chi connectivity index (χ3n) is 6.25. The standard InChI is InChI=1S/C29H32N2O3/c1-3-23-15-17-25(18-16-23)34-20-10-9-19-30-26-13-7-8-14-27(26)31(21-22(2)28(30)32)29(33)24-11-5-4-6-12-24/h4-8,11-18,22H,3,9-10,19-21H2,1-2H3. The monoisotopic (exact) mass is 456 g/mol. The lowest BCUT2D eigenvalue weighted by Crippen LogP contribution is -2.38. The summed E-state index contributed by atoms with van der Waals surface area (Å²) < 4.78 is 5.88. The molecule has 5 nitrogen and oxygen atoms in total. The van der Waals surface area contributed by atoms with Gasteiger partial charge in [0.05, 0.1) is 23.9 Å². The molecule has 1 atom stereocenters. The van der Waals surface area contributed by atoms with Gasteiger partial charge in [-0.15, -0.1) is 0 Å². The molecule has 0 aliphatic carbocycles. The molecule has 176 valence electrons. The van der Waals surface area contributed by atoms with Crippen LogP contribution in [-0.2, 0) is 11.2 Å². The van der Waals surface area contributed by atoms with Crippen LogP contribution in [0, 0.1) is 5.92 Å². The molecule has 5 heteroatoms. The molecule has 3 aromatic rings. The van der Waals surface area contributed by atoms with Crippen LogP contribution in [0.1, 0.15) is 42.6 Å². The highest BCUT2D eigenvalue weighted by molar-refractivity contribution is 6.11. The fourth-order valence-electron chi connectivity index (χ4n) is 4.30. The van der Waals surface area contributed by atoms with Gasteiger partial charge < -0.3 is 14.5 Å². The van der Waals surface area contributed by atoms with Gasteiger partial charge in [0.15, 0.2) is 0 Å². The number of carbonyl (C=O) groups excluding carboxylic acids is 2. The van der Waals surface area contributed by atoms with Crippen molar-refractivity contribution in [2.75, 3.05) is 29.5 Å². The molecule has 0 radical (unpaired) electrons. The van der Waals surface area contributed by atoms with Crippen LogP contribution in [-0.4, -0.2) is 31.5 Å². The number of hydrogen-bond donors (Lipinski definition) is 0. The first-order chi connectivity index (χ1) is 16.6. The second-order valence-corrected chi connectivity index (χ2v) is 8.71. The predicted molar refractivity (Wildman–Crippen MR) is 137 cm³/mol. The summed E-state index contributed by atoms with van der Waals surface area (Å²) in [5.41, 5.74) is 3.48. The third-order valence-corrected chi connectivity index (χ3v) is 6.25. The number of fused-ring (bicyclic) bond motifs is 1. The number of amides is 2. The van der Waals surface area contributed by atoms with E-state index in [1.165, 1.54) is 5.56 Å². The molecule has 1 aliphatic heterocycles. The molecule has 4 rings (SSSR count). The highest BCUT2D eigenvalue weighted by Gasteiger charge is 2.33. The molecule has 0 fully saturated rings. The average molecular weight is 457 g/mol. The summed E-state index contributed by atoms with van der Waals surface area (Å²) in [4.78, 5) is 30.2. The molecule has 0 saturated heterocycles. The van der Waals surface area contributed by atoms with Gasteiger partial charge in [0.25, 0.3) is 5.91 Å². The van der Waals surface area contributed by atoms with E-state index >= 15 is 0 Å². The van der Waals surface area contributed by atoms with Gasteiger partial charge in [0.2, 0.25) is 5.91 Å². The first-order valence-electron chi connectivity index (χ1n) is 12.1. The summed E-state index contributed by atoms with van der Waals surface area (Å²) in [5, 5.41) is 0. The maximum absolute atomic E-state index is 13.3. The first kappa shape index (κ1) is 23.6. The fourth-order valence-corrected chi connectivity index (χ4v) is 4.30. The number of unbranched alkanes of at least 4 members (excludes halogenated alkanes) is 1. The van der Waals surface area contributed by atoms with Crippen LogP contribution in [0.25, 0.3) is 0 Å². The molecule has 1 heterocycles.